The van der Waals surface area contributed by atoms with Crippen LogP contribution in [0.2, 0.25) is 0 Å². The maximum atomic E-state index is 13.6. The molecule has 1 aromatic rings. The average Bonchev–Trinajstić information content (AvgIpc) is 2.63. The molecule has 2 atom stereocenters. The van der Waals surface area contributed by atoms with Crippen molar-refractivity contribution < 1.29 is 9.53 Å². The number of hydrogen-bond acceptors (Lipinski definition) is 3. The van der Waals surface area contributed by atoms with Crippen molar-refractivity contribution in [1.82, 2.24) is 5.32 Å². The zero-order valence-corrected chi connectivity index (χ0v) is 17.1. The summed E-state index contributed by atoms with van der Waals surface area (Å²) in [4.78, 5) is 13.6. The van der Waals surface area contributed by atoms with Crippen LogP contribution in [0.4, 0.5) is 0 Å². The summed E-state index contributed by atoms with van der Waals surface area (Å²) in [5.74, 6) is 1.31. The minimum atomic E-state index is -0.445. The molecule has 1 aliphatic heterocycles. The van der Waals surface area contributed by atoms with E-state index in [0.29, 0.717) is 37.1 Å². The van der Waals surface area contributed by atoms with Crippen molar-refractivity contribution in [3.05, 3.63) is 35.4 Å². The Kier molecular flexibility index (Phi) is 6.50. The van der Waals surface area contributed by atoms with E-state index in [4.69, 9.17) is 10.5 Å². The van der Waals surface area contributed by atoms with Crippen LogP contribution in [-0.4, -0.2) is 31.2 Å². The predicted octanol–water partition coefficient (Wildman–Crippen LogP) is 3.49. The smallest absolute Gasteiger partial charge is 0.231 e. The van der Waals surface area contributed by atoms with E-state index in [9.17, 15) is 4.79 Å². The standard InChI is InChI=1S/C22H32N2O2.ClH/c1-15-5-7-18(8-6-15)22(9-11-26-12-10-22)21(25)24-20-16-3-2-4-17(20)14-19(23)13-16;/h5-8,16-17,19-20H,2-4,9-14,23H2,1H3,(H,24,25);1H. The van der Waals surface area contributed by atoms with Gasteiger partial charge in [0.05, 0.1) is 5.41 Å². The number of ether oxygens (including phenoxy) is 1. The van der Waals surface area contributed by atoms with Gasteiger partial charge in [0.2, 0.25) is 5.91 Å². The highest BCUT2D eigenvalue weighted by Crippen LogP contribution is 2.41. The number of carbonyl (C=O) groups is 1. The summed E-state index contributed by atoms with van der Waals surface area (Å²) < 4.78 is 5.60. The van der Waals surface area contributed by atoms with E-state index < -0.39 is 5.41 Å². The molecular formula is C22H33ClN2O2. The third-order valence-electron chi connectivity index (χ3n) is 7.06. The van der Waals surface area contributed by atoms with Gasteiger partial charge in [0, 0.05) is 25.3 Å². The summed E-state index contributed by atoms with van der Waals surface area (Å²) in [6.45, 7) is 3.40. The molecule has 1 aromatic carbocycles. The fraction of sp³-hybridized carbons (Fsp3) is 0.682. The second kappa shape index (κ2) is 8.50. The van der Waals surface area contributed by atoms with Gasteiger partial charge in [0.15, 0.2) is 0 Å². The molecule has 1 saturated heterocycles. The zero-order valence-electron chi connectivity index (χ0n) is 16.3. The Morgan fingerprint density at radius 1 is 1.11 bits per heavy atom. The Morgan fingerprint density at radius 3 is 2.30 bits per heavy atom. The van der Waals surface area contributed by atoms with Gasteiger partial charge in [-0.3, -0.25) is 4.79 Å². The van der Waals surface area contributed by atoms with Gasteiger partial charge in [0.25, 0.3) is 0 Å². The Hall–Kier alpha value is -1.10. The van der Waals surface area contributed by atoms with Crippen molar-refractivity contribution in [3.8, 4) is 0 Å². The van der Waals surface area contributed by atoms with Crippen LogP contribution >= 0.6 is 12.4 Å². The highest BCUT2D eigenvalue weighted by atomic mass is 35.5. The van der Waals surface area contributed by atoms with E-state index in [0.717, 1.165) is 31.2 Å². The van der Waals surface area contributed by atoms with Crippen LogP contribution in [0.15, 0.2) is 24.3 Å². The molecule has 3 aliphatic rings. The Morgan fingerprint density at radius 2 is 1.70 bits per heavy atom. The molecule has 5 heteroatoms. The maximum Gasteiger partial charge on any atom is 0.231 e. The fourth-order valence-electron chi connectivity index (χ4n) is 5.55. The van der Waals surface area contributed by atoms with Gasteiger partial charge in [-0.25, -0.2) is 0 Å². The summed E-state index contributed by atoms with van der Waals surface area (Å²) in [6.07, 6.45) is 7.34. The van der Waals surface area contributed by atoms with Crippen molar-refractivity contribution in [2.75, 3.05) is 13.2 Å². The molecule has 3 N–H and O–H groups in total. The highest BCUT2D eigenvalue weighted by molar-refractivity contribution is 5.88. The largest absolute Gasteiger partial charge is 0.381 e. The van der Waals surface area contributed by atoms with Crippen molar-refractivity contribution in [2.45, 2.75) is 69.4 Å². The van der Waals surface area contributed by atoms with E-state index in [-0.39, 0.29) is 18.3 Å². The number of aryl methyl sites for hydroxylation is 1. The molecule has 0 radical (unpaired) electrons. The molecule has 2 bridgehead atoms. The van der Waals surface area contributed by atoms with Gasteiger partial charge >= 0.3 is 0 Å². The minimum Gasteiger partial charge on any atom is -0.381 e. The fourth-order valence-corrected chi connectivity index (χ4v) is 5.55. The first-order valence-electron chi connectivity index (χ1n) is 10.3. The molecule has 4 rings (SSSR count). The SMILES string of the molecule is Cc1ccc(C2(C(=O)NC3C4CCCC3CC(N)C4)CCOCC2)cc1.Cl. The van der Waals surface area contributed by atoms with Gasteiger partial charge in [-0.05, 0) is 62.8 Å². The summed E-state index contributed by atoms with van der Waals surface area (Å²) in [7, 11) is 0. The van der Waals surface area contributed by atoms with E-state index in [2.05, 4.69) is 36.5 Å². The molecule has 150 valence electrons. The maximum absolute atomic E-state index is 13.6. The molecule has 2 saturated carbocycles. The Bertz CT molecular complexity index is 628. The van der Waals surface area contributed by atoms with Gasteiger partial charge in [-0.1, -0.05) is 36.2 Å². The molecule has 27 heavy (non-hydrogen) atoms. The van der Waals surface area contributed by atoms with E-state index in [1.54, 1.807) is 0 Å². The van der Waals surface area contributed by atoms with Gasteiger partial charge < -0.3 is 15.8 Å². The summed E-state index contributed by atoms with van der Waals surface area (Å²) >= 11 is 0. The normalized spacial score (nSPS) is 32.2. The molecule has 4 nitrogen and oxygen atoms in total. The van der Waals surface area contributed by atoms with Crippen LogP contribution in [0.1, 0.15) is 56.1 Å². The third-order valence-corrected chi connectivity index (χ3v) is 7.06. The monoisotopic (exact) mass is 392 g/mol. The molecule has 0 spiro atoms. The summed E-state index contributed by atoms with van der Waals surface area (Å²) in [5.41, 5.74) is 8.19. The quantitative estimate of drug-likeness (QED) is 0.827. The number of fused-ring (bicyclic) bond motifs is 2. The van der Waals surface area contributed by atoms with E-state index >= 15 is 0 Å². The summed E-state index contributed by atoms with van der Waals surface area (Å²) in [5, 5.41) is 3.52. The number of amides is 1. The number of nitrogens with two attached hydrogens (primary N) is 1. The Balaban J connectivity index is 0.00000210. The van der Waals surface area contributed by atoms with Crippen LogP contribution in [0, 0.1) is 18.8 Å². The first-order valence-corrected chi connectivity index (χ1v) is 10.3. The number of rotatable bonds is 3. The lowest BCUT2D eigenvalue weighted by molar-refractivity contribution is -0.133. The van der Waals surface area contributed by atoms with E-state index in [1.807, 2.05) is 0 Å². The van der Waals surface area contributed by atoms with Crippen LogP contribution in [-0.2, 0) is 14.9 Å². The molecule has 2 aliphatic carbocycles. The molecule has 3 fully saturated rings. The minimum absolute atomic E-state index is 0. The van der Waals surface area contributed by atoms with Crippen LogP contribution < -0.4 is 11.1 Å². The lowest BCUT2D eigenvalue weighted by Gasteiger charge is -2.47. The summed E-state index contributed by atoms with van der Waals surface area (Å²) in [6, 6.07) is 9.13. The van der Waals surface area contributed by atoms with Crippen molar-refractivity contribution in [3.63, 3.8) is 0 Å². The number of nitrogens with one attached hydrogen (secondary N) is 1. The third kappa shape index (κ3) is 4.03. The first-order chi connectivity index (χ1) is 12.6. The molecular weight excluding hydrogens is 360 g/mol. The highest BCUT2D eigenvalue weighted by Gasteiger charge is 2.46. The Labute approximate surface area is 169 Å². The zero-order chi connectivity index (χ0) is 18.1. The van der Waals surface area contributed by atoms with E-state index in [1.165, 1.54) is 24.8 Å². The lowest BCUT2D eigenvalue weighted by Crippen LogP contribution is -2.58. The molecule has 0 aromatic heterocycles. The predicted molar refractivity (Wildman–Crippen MR) is 110 cm³/mol. The molecule has 1 heterocycles. The number of benzene rings is 1. The van der Waals surface area contributed by atoms with Gasteiger partial charge in [-0.15, -0.1) is 12.4 Å². The van der Waals surface area contributed by atoms with Crippen molar-refractivity contribution in [2.24, 2.45) is 17.6 Å². The lowest BCUT2D eigenvalue weighted by atomic mass is 9.66. The van der Waals surface area contributed by atoms with Crippen molar-refractivity contribution >= 4 is 18.3 Å². The van der Waals surface area contributed by atoms with Crippen LogP contribution in [0.5, 0.6) is 0 Å². The number of hydrogen-bond donors (Lipinski definition) is 2. The molecule has 2 unspecified atom stereocenters. The number of halogens is 1. The van der Waals surface area contributed by atoms with Gasteiger partial charge in [0.1, 0.15) is 0 Å². The first kappa shape index (κ1) is 20.6. The topological polar surface area (TPSA) is 64.4 Å². The van der Waals surface area contributed by atoms with Gasteiger partial charge in [-0.2, -0.15) is 0 Å². The number of carbonyl (C=O) groups excluding carboxylic acids is 1. The van der Waals surface area contributed by atoms with Crippen LogP contribution in [0.25, 0.3) is 0 Å². The average molecular weight is 393 g/mol. The second-order valence-corrected chi connectivity index (χ2v) is 8.74. The molecule has 1 amide bonds. The van der Waals surface area contributed by atoms with Crippen LogP contribution in [0.3, 0.4) is 0 Å². The van der Waals surface area contributed by atoms with Crippen molar-refractivity contribution in [1.29, 1.82) is 0 Å². The second-order valence-electron chi connectivity index (χ2n) is 8.74.